The van der Waals surface area contributed by atoms with Crippen molar-refractivity contribution in [2.24, 2.45) is 0 Å². The number of hydrogen-bond donors (Lipinski definition) is 2. The molecule has 6 nitrogen and oxygen atoms in total. The molecule has 2 aromatic rings. The Morgan fingerprint density at radius 3 is 3.04 bits per heavy atom. The summed E-state index contributed by atoms with van der Waals surface area (Å²) in [4.78, 5) is 7.91. The van der Waals surface area contributed by atoms with Crippen LogP contribution in [-0.4, -0.2) is 29.3 Å². The Labute approximate surface area is 140 Å². The van der Waals surface area contributed by atoms with E-state index in [1.165, 1.54) is 0 Å². The quantitative estimate of drug-likeness (QED) is 0.790. The minimum atomic E-state index is 0.147. The molecule has 2 heterocycles. The molecule has 1 aliphatic heterocycles. The van der Waals surface area contributed by atoms with Gasteiger partial charge in [0.25, 0.3) is 0 Å². The molecule has 1 fully saturated rings. The van der Waals surface area contributed by atoms with Gasteiger partial charge in [-0.3, -0.25) is 0 Å². The van der Waals surface area contributed by atoms with Gasteiger partial charge in [0.05, 0.1) is 6.10 Å². The highest BCUT2D eigenvalue weighted by Gasteiger charge is 2.15. The number of halogens is 1. The van der Waals surface area contributed by atoms with E-state index in [1.54, 1.807) is 6.07 Å². The predicted octanol–water partition coefficient (Wildman–Crippen LogP) is 2.88. The summed E-state index contributed by atoms with van der Waals surface area (Å²) in [5.74, 6) is 1.57. The SMILES string of the molecule is Nc1nc(Cl)cc(NCc2cccc(OCC3CCCO3)c2)n1. The Morgan fingerprint density at radius 1 is 1.35 bits per heavy atom. The number of nitrogen functional groups attached to an aromatic ring is 1. The molecule has 23 heavy (non-hydrogen) atoms. The van der Waals surface area contributed by atoms with Gasteiger partial charge in [0.2, 0.25) is 5.95 Å². The first kappa shape index (κ1) is 15.8. The van der Waals surface area contributed by atoms with E-state index in [2.05, 4.69) is 15.3 Å². The topological polar surface area (TPSA) is 82.3 Å². The number of ether oxygens (including phenoxy) is 2. The minimum Gasteiger partial charge on any atom is -0.491 e. The summed E-state index contributed by atoms with van der Waals surface area (Å²) in [6.07, 6.45) is 2.39. The van der Waals surface area contributed by atoms with Crippen molar-refractivity contribution in [2.45, 2.75) is 25.5 Å². The fourth-order valence-corrected chi connectivity index (χ4v) is 2.62. The molecule has 3 N–H and O–H groups in total. The molecule has 0 spiro atoms. The molecule has 0 radical (unpaired) electrons. The second-order valence-electron chi connectivity index (χ2n) is 5.38. The van der Waals surface area contributed by atoms with Crippen molar-refractivity contribution >= 4 is 23.4 Å². The second-order valence-corrected chi connectivity index (χ2v) is 5.77. The molecule has 7 heteroatoms. The lowest BCUT2D eigenvalue weighted by atomic mass is 10.2. The first-order valence-electron chi connectivity index (χ1n) is 7.56. The van der Waals surface area contributed by atoms with E-state index in [0.29, 0.717) is 24.1 Å². The summed E-state index contributed by atoms with van der Waals surface area (Å²) in [7, 11) is 0. The second kappa shape index (κ2) is 7.48. The first-order valence-corrected chi connectivity index (χ1v) is 7.94. The highest BCUT2D eigenvalue weighted by Crippen LogP contribution is 2.18. The van der Waals surface area contributed by atoms with Crippen molar-refractivity contribution in [3.05, 3.63) is 41.0 Å². The number of nitrogens with zero attached hydrogens (tertiary/aromatic N) is 2. The summed E-state index contributed by atoms with van der Waals surface area (Å²) < 4.78 is 11.4. The lowest BCUT2D eigenvalue weighted by Gasteiger charge is -2.12. The van der Waals surface area contributed by atoms with Crippen molar-refractivity contribution in [3.8, 4) is 5.75 Å². The molecule has 1 atom stereocenters. The standard InChI is InChI=1S/C16H19ClN4O2/c17-14-8-15(21-16(18)20-14)19-9-11-3-1-4-12(7-11)23-10-13-5-2-6-22-13/h1,3-4,7-8,13H,2,5-6,9-10H2,(H3,18,19,20,21). The van der Waals surface area contributed by atoms with E-state index < -0.39 is 0 Å². The average molecular weight is 335 g/mol. The van der Waals surface area contributed by atoms with Gasteiger partial charge >= 0.3 is 0 Å². The molecule has 0 amide bonds. The van der Waals surface area contributed by atoms with Crippen LogP contribution in [0.4, 0.5) is 11.8 Å². The Morgan fingerprint density at radius 2 is 2.26 bits per heavy atom. The van der Waals surface area contributed by atoms with Crippen molar-refractivity contribution in [3.63, 3.8) is 0 Å². The Balaban J connectivity index is 1.56. The van der Waals surface area contributed by atoms with E-state index in [-0.39, 0.29) is 12.1 Å². The zero-order chi connectivity index (χ0) is 16.1. The monoisotopic (exact) mass is 334 g/mol. The van der Waals surface area contributed by atoms with Crippen molar-refractivity contribution in [2.75, 3.05) is 24.3 Å². The van der Waals surface area contributed by atoms with Gasteiger partial charge in [0, 0.05) is 19.2 Å². The largest absolute Gasteiger partial charge is 0.491 e. The average Bonchev–Trinajstić information content (AvgIpc) is 3.04. The molecule has 0 bridgehead atoms. The smallest absolute Gasteiger partial charge is 0.223 e. The van der Waals surface area contributed by atoms with E-state index >= 15 is 0 Å². The molecule has 122 valence electrons. The Bertz CT molecular complexity index is 642. The van der Waals surface area contributed by atoms with Gasteiger partial charge in [-0.25, -0.2) is 4.98 Å². The summed E-state index contributed by atoms with van der Waals surface area (Å²) in [6, 6.07) is 9.54. The van der Waals surface area contributed by atoms with Gasteiger partial charge in [-0.15, -0.1) is 0 Å². The third-order valence-electron chi connectivity index (χ3n) is 3.54. The lowest BCUT2D eigenvalue weighted by molar-refractivity contribution is 0.0679. The van der Waals surface area contributed by atoms with Crippen LogP contribution in [0.1, 0.15) is 18.4 Å². The fraction of sp³-hybridized carbons (Fsp3) is 0.375. The van der Waals surface area contributed by atoms with Crippen LogP contribution in [0.5, 0.6) is 5.75 Å². The molecule has 1 unspecified atom stereocenters. The number of benzene rings is 1. The summed E-state index contributed by atoms with van der Waals surface area (Å²) in [6.45, 7) is 2.02. The molecule has 1 aromatic carbocycles. The fourth-order valence-electron chi connectivity index (χ4n) is 2.43. The molecule has 0 saturated carbocycles. The Kier molecular flexibility index (Phi) is 5.15. The predicted molar refractivity (Wildman–Crippen MR) is 89.7 cm³/mol. The van der Waals surface area contributed by atoms with Crippen LogP contribution >= 0.6 is 11.6 Å². The van der Waals surface area contributed by atoms with Crippen LogP contribution in [0.25, 0.3) is 0 Å². The van der Waals surface area contributed by atoms with Crippen LogP contribution in [0.15, 0.2) is 30.3 Å². The highest BCUT2D eigenvalue weighted by molar-refractivity contribution is 6.29. The highest BCUT2D eigenvalue weighted by atomic mass is 35.5. The van der Waals surface area contributed by atoms with E-state index in [0.717, 1.165) is 30.8 Å². The number of nitrogens with one attached hydrogen (secondary N) is 1. The van der Waals surface area contributed by atoms with Crippen LogP contribution in [0, 0.1) is 0 Å². The Hall–Kier alpha value is -2.05. The maximum Gasteiger partial charge on any atom is 0.223 e. The number of anilines is 2. The number of nitrogens with two attached hydrogens (primary N) is 1. The van der Waals surface area contributed by atoms with Gasteiger partial charge in [0.15, 0.2) is 0 Å². The van der Waals surface area contributed by atoms with Gasteiger partial charge in [-0.1, -0.05) is 23.7 Å². The number of hydrogen-bond acceptors (Lipinski definition) is 6. The minimum absolute atomic E-state index is 0.147. The van der Waals surface area contributed by atoms with E-state index in [1.807, 2.05) is 24.3 Å². The summed E-state index contributed by atoms with van der Waals surface area (Å²) >= 11 is 5.86. The zero-order valence-electron chi connectivity index (χ0n) is 12.7. The molecular weight excluding hydrogens is 316 g/mol. The van der Waals surface area contributed by atoms with Gasteiger partial charge in [-0.2, -0.15) is 4.98 Å². The molecule has 1 aliphatic rings. The first-order chi connectivity index (χ1) is 11.2. The third kappa shape index (κ3) is 4.71. The lowest BCUT2D eigenvalue weighted by Crippen LogP contribution is -2.16. The van der Waals surface area contributed by atoms with Crippen molar-refractivity contribution in [1.29, 1.82) is 0 Å². The maximum absolute atomic E-state index is 5.86. The van der Waals surface area contributed by atoms with Crippen molar-refractivity contribution in [1.82, 2.24) is 9.97 Å². The molecular formula is C16H19ClN4O2. The van der Waals surface area contributed by atoms with Crippen LogP contribution in [-0.2, 0) is 11.3 Å². The van der Waals surface area contributed by atoms with Gasteiger partial charge in [0.1, 0.15) is 23.3 Å². The summed E-state index contributed by atoms with van der Waals surface area (Å²) in [5, 5.41) is 3.48. The molecule has 3 rings (SSSR count). The van der Waals surface area contributed by atoms with Gasteiger partial charge < -0.3 is 20.5 Å². The summed E-state index contributed by atoms with van der Waals surface area (Å²) in [5.41, 5.74) is 6.65. The van der Waals surface area contributed by atoms with Gasteiger partial charge in [-0.05, 0) is 30.5 Å². The zero-order valence-corrected chi connectivity index (χ0v) is 13.4. The van der Waals surface area contributed by atoms with E-state index in [4.69, 9.17) is 26.8 Å². The normalized spacial score (nSPS) is 17.2. The maximum atomic E-state index is 5.86. The van der Waals surface area contributed by atoms with Crippen LogP contribution in [0.3, 0.4) is 0 Å². The van der Waals surface area contributed by atoms with E-state index in [9.17, 15) is 0 Å². The molecule has 1 saturated heterocycles. The van der Waals surface area contributed by atoms with Crippen molar-refractivity contribution < 1.29 is 9.47 Å². The van der Waals surface area contributed by atoms with Crippen LogP contribution < -0.4 is 15.8 Å². The molecule has 1 aromatic heterocycles. The number of aromatic nitrogens is 2. The molecule has 0 aliphatic carbocycles. The number of rotatable bonds is 6. The third-order valence-corrected chi connectivity index (χ3v) is 3.74. The van der Waals surface area contributed by atoms with Crippen LogP contribution in [0.2, 0.25) is 5.15 Å².